The van der Waals surface area contributed by atoms with Crippen molar-refractivity contribution in [1.82, 2.24) is 15.3 Å². The minimum Gasteiger partial charge on any atom is -0.434 e. The summed E-state index contributed by atoms with van der Waals surface area (Å²) in [6.45, 7) is 9.58. The number of nitrogens with zero attached hydrogens (tertiary/aromatic N) is 2. The van der Waals surface area contributed by atoms with Gasteiger partial charge in [-0.3, -0.25) is 10.3 Å². The van der Waals surface area contributed by atoms with E-state index in [1.54, 1.807) is 0 Å². The lowest BCUT2D eigenvalue weighted by Crippen LogP contribution is -2.39. The van der Waals surface area contributed by atoms with E-state index < -0.39 is 46.8 Å². The summed E-state index contributed by atoms with van der Waals surface area (Å²) < 4.78 is 79.9. The van der Waals surface area contributed by atoms with Gasteiger partial charge in [0.05, 0.1) is 22.4 Å². The van der Waals surface area contributed by atoms with Gasteiger partial charge in [-0.05, 0) is 56.7 Å². The van der Waals surface area contributed by atoms with Crippen molar-refractivity contribution in [2.24, 2.45) is 0 Å². The number of anilines is 1. The van der Waals surface area contributed by atoms with Crippen molar-refractivity contribution in [3.63, 3.8) is 0 Å². The number of nitrogens with one attached hydrogen (secondary N) is 2. The molecule has 0 bridgehead atoms. The number of amides is 1. The normalized spacial score (nSPS) is 22.9. The Balaban J connectivity index is 2.02. The zero-order valence-electron chi connectivity index (χ0n) is 19.7. The number of halogens is 5. The lowest BCUT2D eigenvalue weighted by molar-refractivity contribution is -0.0757. The Kier molecular flexibility index (Phi) is 6.40. The van der Waals surface area contributed by atoms with E-state index in [1.165, 1.54) is 19.2 Å². The van der Waals surface area contributed by atoms with Crippen molar-refractivity contribution < 1.29 is 31.5 Å². The van der Waals surface area contributed by atoms with E-state index in [2.05, 4.69) is 33.8 Å². The van der Waals surface area contributed by atoms with Crippen LogP contribution in [0.25, 0.3) is 11.3 Å². The van der Waals surface area contributed by atoms with Crippen LogP contribution in [-0.4, -0.2) is 41.2 Å². The summed E-state index contributed by atoms with van der Waals surface area (Å²) in [5.41, 5.74) is -2.55. The van der Waals surface area contributed by atoms with Gasteiger partial charge in [-0.1, -0.05) is 13.2 Å². The Hall–Kier alpha value is -3.34. The molecule has 2 aromatic heterocycles. The summed E-state index contributed by atoms with van der Waals surface area (Å²) in [6, 6.07) is 3.49. The first-order valence-electron chi connectivity index (χ1n) is 11.2. The fourth-order valence-corrected chi connectivity index (χ4v) is 4.56. The Morgan fingerprint density at radius 1 is 1.33 bits per heavy atom. The Labute approximate surface area is 204 Å². The molecule has 2 aliphatic rings. The monoisotopic (exact) mass is 508 g/mol. The van der Waals surface area contributed by atoms with Crippen LogP contribution >= 0.6 is 0 Å². The number of rotatable bonds is 7. The van der Waals surface area contributed by atoms with Gasteiger partial charge in [0.2, 0.25) is 0 Å². The summed E-state index contributed by atoms with van der Waals surface area (Å²) in [6.07, 6.45) is -2.90. The second-order valence-corrected chi connectivity index (χ2v) is 9.09. The highest BCUT2D eigenvalue weighted by atomic mass is 19.3. The van der Waals surface area contributed by atoms with Gasteiger partial charge >= 0.3 is 12.0 Å². The predicted octanol–water partition coefficient (Wildman–Crippen LogP) is 5.83. The average molecular weight is 508 g/mol. The van der Waals surface area contributed by atoms with E-state index in [-0.39, 0.29) is 34.9 Å². The fraction of sp³-hybridized carbons (Fsp3) is 0.400. The summed E-state index contributed by atoms with van der Waals surface area (Å²) in [4.78, 5) is 20.4. The van der Waals surface area contributed by atoms with E-state index in [1.807, 2.05) is 0 Å². The molecule has 0 aliphatic carbocycles. The smallest absolute Gasteiger partial charge is 0.413 e. The lowest BCUT2D eigenvalue weighted by Gasteiger charge is -2.33. The molecular weight excluding hydrogens is 483 g/mol. The fourth-order valence-electron chi connectivity index (χ4n) is 4.56. The molecule has 4 heterocycles. The van der Waals surface area contributed by atoms with Gasteiger partial charge in [0.1, 0.15) is 12.0 Å². The van der Waals surface area contributed by atoms with Crippen LogP contribution in [0.3, 0.4) is 0 Å². The number of ether oxygens (including phenoxy) is 1. The van der Waals surface area contributed by atoms with E-state index in [4.69, 9.17) is 4.74 Å². The van der Waals surface area contributed by atoms with Gasteiger partial charge in [0.25, 0.3) is 5.92 Å². The molecule has 192 valence electrons. The van der Waals surface area contributed by atoms with E-state index in [0.717, 1.165) is 19.1 Å². The predicted molar refractivity (Wildman–Crippen MR) is 124 cm³/mol. The number of carbonyl (C=O) groups is 1. The number of aromatic nitrogens is 2. The molecule has 3 atom stereocenters. The SMILES string of the molecule is C=CC(F)(F)C1OC(=O)Nc2nccc(-c3cc(C(F)(F)C(=C)C)cc(C4([C@@H](C)F)CCNC4)n3)c21. The zero-order chi connectivity index (χ0) is 26.5. The third-order valence-corrected chi connectivity index (χ3v) is 6.78. The summed E-state index contributed by atoms with van der Waals surface area (Å²) in [5, 5.41) is 5.30. The first kappa shape index (κ1) is 25.7. The van der Waals surface area contributed by atoms with Crippen molar-refractivity contribution in [2.75, 3.05) is 18.4 Å². The highest BCUT2D eigenvalue weighted by Crippen LogP contribution is 2.47. The minimum absolute atomic E-state index is 0.0280. The topological polar surface area (TPSA) is 76.1 Å². The van der Waals surface area contributed by atoms with Crippen LogP contribution in [0.1, 0.15) is 43.2 Å². The van der Waals surface area contributed by atoms with Gasteiger partial charge < -0.3 is 10.1 Å². The van der Waals surface area contributed by atoms with Crippen LogP contribution in [0.15, 0.2) is 49.2 Å². The van der Waals surface area contributed by atoms with Crippen LogP contribution < -0.4 is 10.6 Å². The second-order valence-electron chi connectivity index (χ2n) is 9.09. The molecule has 2 unspecified atom stereocenters. The van der Waals surface area contributed by atoms with Crippen molar-refractivity contribution in [1.29, 1.82) is 0 Å². The van der Waals surface area contributed by atoms with Crippen LogP contribution in [0.4, 0.5) is 32.6 Å². The summed E-state index contributed by atoms with van der Waals surface area (Å²) in [5.74, 6) is -7.45. The number of cyclic esters (lactones) is 1. The third kappa shape index (κ3) is 4.15. The maximum absolute atomic E-state index is 15.2. The number of alkyl halides is 5. The Morgan fingerprint density at radius 3 is 2.64 bits per heavy atom. The highest BCUT2D eigenvalue weighted by molar-refractivity contribution is 5.89. The van der Waals surface area contributed by atoms with Crippen LogP contribution in [0.2, 0.25) is 0 Å². The first-order chi connectivity index (χ1) is 16.8. The molecule has 2 aliphatic heterocycles. The molecule has 1 fully saturated rings. The summed E-state index contributed by atoms with van der Waals surface area (Å²) >= 11 is 0. The van der Waals surface area contributed by atoms with Crippen molar-refractivity contribution in [3.8, 4) is 11.3 Å². The largest absolute Gasteiger partial charge is 0.434 e. The quantitative estimate of drug-likeness (QED) is 0.364. The van der Waals surface area contributed by atoms with E-state index in [9.17, 15) is 18.0 Å². The molecule has 0 aromatic carbocycles. The molecule has 0 spiro atoms. The van der Waals surface area contributed by atoms with Crippen molar-refractivity contribution in [3.05, 3.63) is 66.0 Å². The molecule has 0 radical (unpaired) electrons. The van der Waals surface area contributed by atoms with E-state index >= 15 is 8.78 Å². The number of carbonyl (C=O) groups excluding carboxylic acids is 1. The van der Waals surface area contributed by atoms with Crippen molar-refractivity contribution >= 4 is 11.9 Å². The van der Waals surface area contributed by atoms with Gasteiger partial charge in [0, 0.05) is 23.9 Å². The Bertz CT molecular complexity index is 1220. The molecule has 4 rings (SSSR count). The molecular formula is C25H25F5N4O2. The Morgan fingerprint density at radius 2 is 2.06 bits per heavy atom. The van der Waals surface area contributed by atoms with Gasteiger partial charge in [-0.15, -0.1) is 0 Å². The summed E-state index contributed by atoms with van der Waals surface area (Å²) in [7, 11) is 0. The second kappa shape index (κ2) is 8.95. The molecule has 11 heteroatoms. The average Bonchev–Trinajstić information content (AvgIpc) is 3.34. The number of hydrogen-bond acceptors (Lipinski definition) is 5. The van der Waals surface area contributed by atoms with Crippen LogP contribution in [-0.2, 0) is 16.1 Å². The molecule has 36 heavy (non-hydrogen) atoms. The number of fused-ring (bicyclic) bond motifs is 1. The molecule has 1 saturated heterocycles. The first-order valence-corrected chi connectivity index (χ1v) is 11.2. The molecule has 2 aromatic rings. The minimum atomic E-state index is -3.71. The molecule has 1 amide bonds. The lowest BCUT2D eigenvalue weighted by atomic mass is 9.78. The maximum atomic E-state index is 15.2. The highest BCUT2D eigenvalue weighted by Gasteiger charge is 2.48. The molecule has 2 N–H and O–H groups in total. The third-order valence-electron chi connectivity index (χ3n) is 6.78. The molecule has 0 saturated carbocycles. The van der Waals surface area contributed by atoms with Crippen LogP contribution in [0, 0.1) is 0 Å². The number of pyridine rings is 2. The van der Waals surface area contributed by atoms with Crippen LogP contribution in [0.5, 0.6) is 0 Å². The number of hydrogen-bond donors (Lipinski definition) is 2. The van der Waals surface area contributed by atoms with Crippen molar-refractivity contribution in [2.45, 2.75) is 49.8 Å². The standard InChI is InChI=1S/C25H25F5N4O2/c1-5-24(27,28)20-19-16(6-8-32-21(19)34-22(35)36-20)17-10-15(25(29,30)13(2)3)11-18(33-17)23(14(4)26)7-9-31-12-23/h5-6,8,10-11,14,20,31H,1-2,7,9,12H2,3-4H3,(H,32,34,35)/t14-,20?,23?/m1/s1. The maximum Gasteiger partial charge on any atom is 0.413 e. The van der Waals surface area contributed by atoms with E-state index in [0.29, 0.717) is 19.0 Å². The van der Waals surface area contributed by atoms with Gasteiger partial charge in [-0.2, -0.15) is 17.6 Å². The zero-order valence-corrected chi connectivity index (χ0v) is 19.7. The number of allylic oxidation sites excluding steroid dienone is 1. The van der Waals surface area contributed by atoms with Gasteiger partial charge in [-0.25, -0.2) is 14.2 Å². The van der Waals surface area contributed by atoms with Gasteiger partial charge in [0.15, 0.2) is 6.10 Å². The molecule has 6 nitrogen and oxygen atoms in total.